The van der Waals surface area contributed by atoms with Crippen LogP contribution in [0, 0.1) is 6.92 Å². The van der Waals surface area contributed by atoms with Gasteiger partial charge in [-0.1, -0.05) is 26.0 Å². The molecule has 5 nitrogen and oxygen atoms in total. The van der Waals surface area contributed by atoms with Gasteiger partial charge in [0.25, 0.3) is 0 Å². The van der Waals surface area contributed by atoms with Crippen molar-refractivity contribution in [1.82, 2.24) is 9.62 Å². The molecular formula is C19H24N2O3S2. The van der Waals surface area contributed by atoms with E-state index in [1.807, 2.05) is 32.9 Å². The fourth-order valence-corrected chi connectivity index (χ4v) is 4.68. The van der Waals surface area contributed by atoms with Gasteiger partial charge in [0.1, 0.15) is 0 Å². The Kier molecular flexibility index (Phi) is 7.14. The molecule has 0 radical (unpaired) electrons. The first-order valence-corrected chi connectivity index (χ1v) is 10.7. The van der Waals surface area contributed by atoms with Crippen molar-refractivity contribution < 1.29 is 13.2 Å². The first-order chi connectivity index (χ1) is 12.4. The molecular weight excluding hydrogens is 368 g/mol. The van der Waals surface area contributed by atoms with E-state index in [0.717, 1.165) is 10.4 Å². The molecule has 0 bridgehead atoms. The summed E-state index contributed by atoms with van der Waals surface area (Å²) in [5.74, 6) is -0.184. The van der Waals surface area contributed by atoms with Crippen LogP contribution in [-0.4, -0.2) is 31.7 Å². The quantitative estimate of drug-likeness (QED) is 0.700. The van der Waals surface area contributed by atoms with Gasteiger partial charge in [-0.15, -0.1) is 11.3 Å². The van der Waals surface area contributed by atoms with E-state index in [4.69, 9.17) is 0 Å². The van der Waals surface area contributed by atoms with Gasteiger partial charge in [0.05, 0.1) is 4.90 Å². The number of rotatable bonds is 8. The Labute approximate surface area is 159 Å². The fraction of sp³-hybridized carbons (Fsp3) is 0.316. The molecule has 0 aliphatic heterocycles. The molecule has 7 heteroatoms. The van der Waals surface area contributed by atoms with Crippen LogP contribution >= 0.6 is 11.3 Å². The summed E-state index contributed by atoms with van der Waals surface area (Å²) in [5.41, 5.74) is 0.845. The van der Waals surface area contributed by atoms with E-state index in [-0.39, 0.29) is 10.8 Å². The number of carbonyl (C=O) groups is 1. The maximum Gasteiger partial charge on any atom is 0.244 e. The zero-order chi connectivity index (χ0) is 19.2. The number of sulfonamides is 1. The number of carbonyl (C=O) groups excluding carboxylic acids is 1. The van der Waals surface area contributed by atoms with Gasteiger partial charge in [0.2, 0.25) is 15.9 Å². The van der Waals surface area contributed by atoms with Crippen LogP contribution in [0.4, 0.5) is 0 Å². The average Bonchev–Trinajstić information content (AvgIpc) is 3.04. The molecule has 26 heavy (non-hydrogen) atoms. The molecule has 1 N–H and O–H groups in total. The summed E-state index contributed by atoms with van der Waals surface area (Å²) in [4.78, 5) is 14.4. The third kappa shape index (κ3) is 5.27. The van der Waals surface area contributed by atoms with Gasteiger partial charge in [-0.05, 0) is 42.8 Å². The van der Waals surface area contributed by atoms with Crippen LogP contribution < -0.4 is 5.32 Å². The van der Waals surface area contributed by atoms with Crippen LogP contribution in [0.5, 0.6) is 0 Å². The molecule has 0 spiro atoms. The van der Waals surface area contributed by atoms with Gasteiger partial charge < -0.3 is 5.32 Å². The molecule has 2 rings (SSSR count). The highest BCUT2D eigenvalue weighted by Crippen LogP contribution is 2.17. The maximum absolute atomic E-state index is 12.4. The number of hydrogen-bond acceptors (Lipinski definition) is 4. The second kappa shape index (κ2) is 9.12. The van der Waals surface area contributed by atoms with E-state index in [2.05, 4.69) is 5.32 Å². The maximum atomic E-state index is 12.4. The number of benzene rings is 1. The first-order valence-electron chi connectivity index (χ1n) is 8.48. The van der Waals surface area contributed by atoms with Crippen molar-refractivity contribution in [1.29, 1.82) is 0 Å². The van der Waals surface area contributed by atoms with Crippen LogP contribution in [-0.2, 0) is 21.4 Å². The largest absolute Gasteiger partial charge is 0.348 e. The third-order valence-corrected chi connectivity index (χ3v) is 6.92. The van der Waals surface area contributed by atoms with Crippen LogP contribution in [0.2, 0.25) is 0 Å². The monoisotopic (exact) mass is 392 g/mol. The normalized spacial score (nSPS) is 12.0. The summed E-state index contributed by atoms with van der Waals surface area (Å²) in [6.45, 7) is 6.87. The van der Waals surface area contributed by atoms with Gasteiger partial charge in [-0.3, -0.25) is 4.79 Å². The Morgan fingerprint density at radius 2 is 1.77 bits per heavy atom. The van der Waals surface area contributed by atoms with Gasteiger partial charge in [-0.2, -0.15) is 4.31 Å². The van der Waals surface area contributed by atoms with Crippen molar-refractivity contribution in [3.05, 3.63) is 57.8 Å². The van der Waals surface area contributed by atoms with Gasteiger partial charge in [0, 0.05) is 35.5 Å². The van der Waals surface area contributed by atoms with Gasteiger partial charge in [0.15, 0.2) is 0 Å². The van der Waals surface area contributed by atoms with E-state index in [0.29, 0.717) is 19.6 Å². The van der Waals surface area contributed by atoms with E-state index in [1.54, 1.807) is 41.7 Å². The summed E-state index contributed by atoms with van der Waals surface area (Å²) in [7, 11) is -3.45. The van der Waals surface area contributed by atoms with Crippen LogP contribution in [0.15, 0.2) is 47.4 Å². The minimum Gasteiger partial charge on any atom is -0.348 e. The molecule has 0 atom stereocenters. The third-order valence-electron chi connectivity index (χ3n) is 3.89. The molecule has 0 unspecified atom stereocenters. The summed E-state index contributed by atoms with van der Waals surface area (Å²) >= 11 is 1.63. The van der Waals surface area contributed by atoms with Crippen LogP contribution in [0.25, 0.3) is 6.08 Å². The molecule has 0 fully saturated rings. The lowest BCUT2D eigenvalue weighted by Crippen LogP contribution is -2.30. The molecule has 1 amide bonds. The summed E-state index contributed by atoms with van der Waals surface area (Å²) in [6, 6.07) is 10.6. The standard InChI is InChI=1S/C19H24N2O3S2/c1-4-21(5-2)26(23,24)18-11-7-16(8-12-18)14-20-19(22)13-10-17-9-6-15(3)25-17/h6-13H,4-5,14H2,1-3H3,(H,20,22)/b13-10+. The number of thiophene rings is 1. The lowest BCUT2D eigenvalue weighted by molar-refractivity contribution is -0.116. The molecule has 1 heterocycles. The molecule has 0 aliphatic carbocycles. The van der Waals surface area contributed by atoms with E-state index in [9.17, 15) is 13.2 Å². The highest BCUT2D eigenvalue weighted by Gasteiger charge is 2.21. The molecule has 2 aromatic rings. The molecule has 0 saturated carbocycles. The Balaban J connectivity index is 1.95. The van der Waals surface area contributed by atoms with Gasteiger partial charge in [-0.25, -0.2) is 8.42 Å². The Bertz CT molecular complexity index is 864. The highest BCUT2D eigenvalue weighted by atomic mass is 32.2. The molecule has 140 valence electrons. The summed E-state index contributed by atoms with van der Waals surface area (Å²) < 4.78 is 26.3. The van der Waals surface area contributed by atoms with E-state index in [1.165, 1.54) is 15.3 Å². The number of hydrogen-bond donors (Lipinski definition) is 1. The summed E-state index contributed by atoms with van der Waals surface area (Å²) in [5, 5.41) is 2.80. The SMILES string of the molecule is CCN(CC)S(=O)(=O)c1ccc(CNC(=O)/C=C/c2ccc(C)s2)cc1. The second-order valence-electron chi connectivity index (χ2n) is 5.73. The van der Waals surface area contributed by atoms with E-state index >= 15 is 0 Å². The minimum atomic E-state index is -3.45. The average molecular weight is 393 g/mol. The Morgan fingerprint density at radius 3 is 2.31 bits per heavy atom. The Hall–Kier alpha value is -1.96. The lowest BCUT2D eigenvalue weighted by Gasteiger charge is -2.18. The van der Waals surface area contributed by atoms with Crippen molar-refractivity contribution >= 4 is 33.3 Å². The van der Waals surface area contributed by atoms with Crippen LogP contribution in [0.3, 0.4) is 0 Å². The van der Waals surface area contributed by atoms with Crippen molar-refractivity contribution in [3.8, 4) is 0 Å². The van der Waals surface area contributed by atoms with Gasteiger partial charge >= 0.3 is 0 Å². The second-order valence-corrected chi connectivity index (χ2v) is 8.99. The number of nitrogens with one attached hydrogen (secondary N) is 1. The molecule has 1 aromatic heterocycles. The first kappa shape index (κ1) is 20.4. The topological polar surface area (TPSA) is 66.5 Å². The smallest absolute Gasteiger partial charge is 0.244 e. The zero-order valence-electron chi connectivity index (χ0n) is 15.2. The fourth-order valence-electron chi connectivity index (χ4n) is 2.44. The molecule has 0 saturated heterocycles. The number of aryl methyl sites for hydroxylation is 1. The number of nitrogens with zero attached hydrogens (tertiary/aromatic N) is 1. The van der Waals surface area contributed by atoms with Crippen LogP contribution in [0.1, 0.15) is 29.2 Å². The lowest BCUT2D eigenvalue weighted by atomic mass is 10.2. The highest BCUT2D eigenvalue weighted by molar-refractivity contribution is 7.89. The zero-order valence-corrected chi connectivity index (χ0v) is 16.9. The van der Waals surface area contributed by atoms with Crippen molar-refractivity contribution in [2.45, 2.75) is 32.2 Å². The van der Waals surface area contributed by atoms with Crippen molar-refractivity contribution in [3.63, 3.8) is 0 Å². The molecule has 1 aromatic carbocycles. The van der Waals surface area contributed by atoms with Crippen molar-refractivity contribution in [2.75, 3.05) is 13.1 Å². The minimum absolute atomic E-state index is 0.184. The molecule has 0 aliphatic rings. The number of amides is 1. The van der Waals surface area contributed by atoms with Crippen molar-refractivity contribution in [2.24, 2.45) is 0 Å². The summed E-state index contributed by atoms with van der Waals surface area (Å²) in [6.07, 6.45) is 3.29. The predicted octanol–water partition coefficient (Wildman–Crippen LogP) is 3.42. The predicted molar refractivity (Wildman–Crippen MR) is 106 cm³/mol. The Morgan fingerprint density at radius 1 is 1.12 bits per heavy atom. The van der Waals surface area contributed by atoms with E-state index < -0.39 is 10.0 Å².